The van der Waals surface area contributed by atoms with Crippen LogP contribution in [0.4, 0.5) is 0 Å². The molecule has 3 unspecified atom stereocenters. The molecule has 2 heterocycles. The zero-order chi connectivity index (χ0) is 12.9. The number of carbonyl (C=O) groups excluding carboxylic acids is 1. The van der Waals surface area contributed by atoms with E-state index in [0.717, 1.165) is 18.4 Å². The van der Waals surface area contributed by atoms with Crippen molar-refractivity contribution in [3.05, 3.63) is 35.3 Å². The quantitative estimate of drug-likeness (QED) is 0.616. The summed E-state index contributed by atoms with van der Waals surface area (Å²) in [6, 6.07) is 0. The molecule has 96 valence electrons. The topological polar surface area (TPSA) is 35.5 Å². The van der Waals surface area contributed by atoms with E-state index in [1.807, 2.05) is 13.2 Å². The molecule has 0 radical (unpaired) electrons. The lowest BCUT2D eigenvalue weighted by atomic mass is 9.63. The second-order valence-corrected chi connectivity index (χ2v) is 5.81. The van der Waals surface area contributed by atoms with Gasteiger partial charge in [0, 0.05) is 5.57 Å². The van der Waals surface area contributed by atoms with Gasteiger partial charge in [0.2, 0.25) is 0 Å². The predicted octanol–water partition coefficient (Wildman–Crippen LogP) is 3.09. The summed E-state index contributed by atoms with van der Waals surface area (Å²) in [5.74, 6) is 0.254. The Morgan fingerprint density at radius 3 is 2.94 bits per heavy atom. The molecule has 0 aromatic carbocycles. The summed E-state index contributed by atoms with van der Waals surface area (Å²) >= 11 is 0. The van der Waals surface area contributed by atoms with Crippen molar-refractivity contribution in [1.29, 1.82) is 0 Å². The summed E-state index contributed by atoms with van der Waals surface area (Å²) in [6.07, 6.45) is 7.40. The van der Waals surface area contributed by atoms with Gasteiger partial charge in [-0.25, -0.2) is 4.79 Å². The van der Waals surface area contributed by atoms with E-state index in [1.54, 1.807) is 6.26 Å². The lowest BCUT2D eigenvalue weighted by Gasteiger charge is -2.41. The second kappa shape index (κ2) is 3.74. The highest BCUT2D eigenvalue weighted by Crippen LogP contribution is 2.51. The van der Waals surface area contributed by atoms with Crippen molar-refractivity contribution in [2.45, 2.75) is 39.7 Å². The Labute approximate surface area is 107 Å². The van der Waals surface area contributed by atoms with Crippen molar-refractivity contribution in [2.24, 2.45) is 11.3 Å². The van der Waals surface area contributed by atoms with Gasteiger partial charge in [-0.15, -0.1) is 0 Å². The first kappa shape index (κ1) is 11.6. The standard InChI is InChI=1S/C15H18O3/c1-9-8-17-5-4-15(3)7-13-11(6-12(9)15)10(2)14(16)18-13/h4-5,8,12-13H,6-7H2,1-3H3. The Hall–Kier alpha value is -1.51. The van der Waals surface area contributed by atoms with Gasteiger partial charge >= 0.3 is 5.97 Å². The molecule has 3 atom stereocenters. The van der Waals surface area contributed by atoms with E-state index in [0.29, 0.717) is 5.92 Å². The van der Waals surface area contributed by atoms with E-state index in [1.165, 1.54) is 11.1 Å². The molecular weight excluding hydrogens is 228 g/mol. The molecule has 0 aromatic heterocycles. The van der Waals surface area contributed by atoms with Gasteiger partial charge in [-0.2, -0.15) is 0 Å². The maximum atomic E-state index is 11.7. The third-order valence-corrected chi connectivity index (χ3v) is 4.60. The van der Waals surface area contributed by atoms with E-state index in [4.69, 9.17) is 9.47 Å². The van der Waals surface area contributed by atoms with Crippen LogP contribution in [0.15, 0.2) is 35.3 Å². The molecule has 0 bridgehead atoms. The Morgan fingerprint density at radius 2 is 2.17 bits per heavy atom. The fourth-order valence-electron chi connectivity index (χ4n) is 3.39. The smallest absolute Gasteiger partial charge is 0.334 e. The molecular formula is C15H18O3. The largest absolute Gasteiger partial charge is 0.473 e. The summed E-state index contributed by atoms with van der Waals surface area (Å²) in [6.45, 7) is 6.20. The molecule has 1 fully saturated rings. The molecule has 0 amide bonds. The van der Waals surface area contributed by atoms with Crippen LogP contribution in [0.5, 0.6) is 0 Å². The molecule has 3 heteroatoms. The van der Waals surface area contributed by atoms with Crippen LogP contribution >= 0.6 is 0 Å². The molecule has 18 heavy (non-hydrogen) atoms. The van der Waals surface area contributed by atoms with Crippen molar-refractivity contribution in [2.75, 3.05) is 0 Å². The van der Waals surface area contributed by atoms with Gasteiger partial charge in [0.15, 0.2) is 0 Å². The zero-order valence-electron chi connectivity index (χ0n) is 11.0. The van der Waals surface area contributed by atoms with E-state index in [-0.39, 0.29) is 17.5 Å². The predicted molar refractivity (Wildman–Crippen MR) is 67.4 cm³/mol. The lowest BCUT2D eigenvalue weighted by Crippen LogP contribution is -2.37. The van der Waals surface area contributed by atoms with Crippen LogP contribution in [0.25, 0.3) is 0 Å². The van der Waals surface area contributed by atoms with Crippen LogP contribution in [0, 0.1) is 11.3 Å². The summed E-state index contributed by atoms with van der Waals surface area (Å²) < 4.78 is 10.8. The third kappa shape index (κ3) is 1.53. The van der Waals surface area contributed by atoms with Gasteiger partial charge in [0.1, 0.15) is 6.10 Å². The summed E-state index contributed by atoms with van der Waals surface area (Å²) in [5.41, 5.74) is 3.24. The first-order valence-electron chi connectivity index (χ1n) is 6.42. The Bertz CT molecular complexity index is 498. The zero-order valence-corrected chi connectivity index (χ0v) is 11.0. The Balaban J connectivity index is 2.03. The van der Waals surface area contributed by atoms with Crippen LogP contribution in [-0.2, 0) is 14.3 Å². The molecule has 1 aliphatic carbocycles. The number of carbonyl (C=O) groups is 1. The van der Waals surface area contributed by atoms with E-state index in [2.05, 4.69) is 19.9 Å². The highest BCUT2D eigenvalue weighted by molar-refractivity contribution is 5.91. The average Bonchev–Trinajstić information content (AvgIpc) is 2.49. The Morgan fingerprint density at radius 1 is 1.39 bits per heavy atom. The average molecular weight is 246 g/mol. The van der Waals surface area contributed by atoms with Gasteiger partial charge in [-0.1, -0.05) is 6.92 Å². The van der Waals surface area contributed by atoms with E-state index < -0.39 is 0 Å². The first-order chi connectivity index (χ1) is 8.51. The lowest BCUT2D eigenvalue weighted by molar-refractivity contribution is -0.141. The minimum absolute atomic E-state index is 0.0101. The van der Waals surface area contributed by atoms with Crippen molar-refractivity contribution >= 4 is 5.97 Å². The monoisotopic (exact) mass is 246 g/mol. The van der Waals surface area contributed by atoms with E-state index in [9.17, 15) is 4.79 Å². The van der Waals surface area contributed by atoms with Crippen LogP contribution < -0.4 is 0 Å². The molecule has 0 saturated heterocycles. The van der Waals surface area contributed by atoms with E-state index >= 15 is 0 Å². The highest BCUT2D eigenvalue weighted by atomic mass is 16.5. The second-order valence-electron chi connectivity index (χ2n) is 5.81. The number of rotatable bonds is 0. The highest BCUT2D eigenvalue weighted by Gasteiger charge is 2.47. The number of fused-ring (bicyclic) bond motifs is 2. The molecule has 1 saturated carbocycles. The number of hydrogen-bond acceptors (Lipinski definition) is 3. The number of hydrogen-bond donors (Lipinski definition) is 0. The van der Waals surface area contributed by atoms with Crippen molar-refractivity contribution in [3.8, 4) is 0 Å². The molecule has 3 aliphatic rings. The van der Waals surface area contributed by atoms with Crippen molar-refractivity contribution in [1.82, 2.24) is 0 Å². The summed E-state index contributed by atoms with van der Waals surface area (Å²) in [4.78, 5) is 11.7. The summed E-state index contributed by atoms with van der Waals surface area (Å²) in [7, 11) is 0. The van der Waals surface area contributed by atoms with Crippen molar-refractivity contribution < 1.29 is 14.3 Å². The fraction of sp³-hybridized carbons (Fsp3) is 0.533. The fourth-order valence-corrected chi connectivity index (χ4v) is 3.39. The van der Waals surface area contributed by atoms with Gasteiger partial charge < -0.3 is 9.47 Å². The number of esters is 1. The molecule has 2 aliphatic heterocycles. The van der Waals surface area contributed by atoms with Gasteiger partial charge in [-0.05, 0) is 55.2 Å². The molecule has 0 N–H and O–H groups in total. The number of ether oxygens (including phenoxy) is 2. The van der Waals surface area contributed by atoms with Crippen LogP contribution in [0.1, 0.15) is 33.6 Å². The van der Waals surface area contributed by atoms with Crippen LogP contribution in [0.3, 0.4) is 0 Å². The third-order valence-electron chi connectivity index (χ3n) is 4.60. The maximum Gasteiger partial charge on any atom is 0.334 e. The van der Waals surface area contributed by atoms with Crippen molar-refractivity contribution in [3.63, 3.8) is 0 Å². The van der Waals surface area contributed by atoms with Gasteiger partial charge in [-0.3, -0.25) is 0 Å². The molecule has 0 aromatic rings. The molecule has 3 nitrogen and oxygen atoms in total. The normalized spacial score (nSPS) is 38.4. The minimum Gasteiger partial charge on any atom is -0.473 e. The minimum atomic E-state index is -0.142. The SMILES string of the molecule is CC1=COC=CC2(C)CC3OC(=O)C(C)=C3CC12. The molecule has 0 spiro atoms. The Kier molecular flexibility index (Phi) is 2.40. The van der Waals surface area contributed by atoms with Crippen LogP contribution in [0.2, 0.25) is 0 Å². The molecule has 3 rings (SSSR count). The van der Waals surface area contributed by atoms with Gasteiger partial charge in [0.25, 0.3) is 0 Å². The number of allylic oxidation sites excluding steroid dienone is 2. The summed E-state index contributed by atoms with van der Waals surface area (Å²) in [5, 5.41) is 0. The maximum absolute atomic E-state index is 11.7. The first-order valence-corrected chi connectivity index (χ1v) is 6.42. The van der Waals surface area contributed by atoms with Crippen LogP contribution in [-0.4, -0.2) is 12.1 Å². The van der Waals surface area contributed by atoms with Gasteiger partial charge in [0.05, 0.1) is 12.5 Å².